The van der Waals surface area contributed by atoms with E-state index in [9.17, 15) is 0 Å². The number of likely N-dealkylation sites (tertiary alicyclic amines) is 1. The molecule has 1 aliphatic rings. The molecule has 2 rings (SSSR count). The minimum atomic E-state index is 0.339. The predicted octanol–water partition coefficient (Wildman–Crippen LogP) is 4.76. The third-order valence-electron chi connectivity index (χ3n) is 4.47. The molecule has 0 aromatic heterocycles. The molecule has 4 heteroatoms. The summed E-state index contributed by atoms with van der Waals surface area (Å²) in [7, 11) is 2.03. The fourth-order valence-electron chi connectivity index (χ4n) is 3.51. The molecular weight excluding hydrogens is 303 g/mol. The van der Waals surface area contributed by atoms with Crippen molar-refractivity contribution in [2.45, 2.75) is 45.2 Å². The number of benzene rings is 1. The van der Waals surface area contributed by atoms with Crippen LogP contribution in [0.15, 0.2) is 18.2 Å². The van der Waals surface area contributed by atoms with Gasteiger partial charge in [-0.3, -0.25) is 4.90 Å². The van der Waals surface area contributed by atoms with Crippen LogP contribution in [0.25, 0.3) is 0 Å². The average Bonchev–Trinajstić information content (AvgIpc) is 2.65. The highest BCUT2D eigenvalue weighted by molar-refractivity contribution is 6.42. The molecule has 0 bridgehead atoms. The average molecular weight is 329 g/mol. The molecule has 1 aromatic rings. The van der Waals surface area contributed by atoms with Gasteiger partial charge in [0, 0.05) is 12.1 Å². The van der Waals surface area contributed by atoms with E-state index in [0.29, 0.717) is 23.0 Å². The summed E-state index contributed by atoms with van der Waals surface area (Å²) in [6.45, 7) is 6.68. The van der Waals surface area contributed by atoms with Gasteiger partial charge >= 0.3 is 0 Å². The molecule has 0 radical (unpaired) electrons. The van der Waals surface area contributed by atoms with Gasteiger partial charge < -0.3 is 5.32 Å². The molecule has 2 nitrogen and oxygen atoms in total. The topological polar surface area (TPSA) is 15.3 Å². The van der Waals surface area contributed by atoms with Crippen molar-refractivity contribution < 1.29 is 0 Å². The van der Waals surface area contributed by atoms with Gasteiger partial charge in [-0.25, -0.2) is 0 Å². The Balaban J connectivity index is 2.45. The molecule has 1 saturated heterocycles. The lowest BCUT2D eigenvalue weighted by Crippen LogP contribution is -2.40. The third-order valence-corrected chi connectivity index (χ3v) is 5.31. The molecule has 0 saturated carbocycles. The van der Waals surface area contributed by atoms with E-state index in [-0.39, 0.29) is 0 Å². The van der Waals surface area contributed by atoms with Crippen molar-refractivity contribution in [3.63, 3.8) is 0 Å². The van der Waals surface area contributed by atoms with Crippen LogP contribution in [0.5, 0.6) is 0 Å². The molecule has 2 unspecified atom stereocenters. The van der Waals surface area contributed by atoms with Gasteiger partial charge in [0.05, 0.1) is 10.0 Å². The molecule has 1 aromatic carbocycles. The SMILES string of the molecule is CNCC1CCCCN(C(C)C)C1c1cccc(Cl)c1Cl. The first-order valence-electron chi connectivity index (χ1n) is 7.90. The van der Waals surface area contributed by atoms with Crippen LogP contribution in [0.2, 0.25) is 10.0 Å². The summed E-state index contributed by atoms with van der Waals surface area (Å²) in [5, 5.41) is 4.73. The van der Waals surface area contributed by atoms with Crippen LogP contribution in [0, 0.1) is 5.92 Å². The molecule has 1 fully saturated rings. The number of rotatable bonds is 4. The molecule has 2 atom stereocenters. The van der Waals surface area contributed by atoms with Crippen LogP contribution in [0.4, 0.5) is 0 Å². The number of halogens is 2. The summed E-state index contributed by atoms with van der Waals surface area (Å²) < 4.78 is 0. The van der Waals surface area contributed by atoms with E-state index in [4.69, 9.17) is 23.2 Å². The van der Waals surface area contributed by atoms with E-state index in [1.165, 1.54) is 24.8 Å². The first-order chi connectivity index (χ1) is 10.1. The Labute approximate surface area is 138 Å². The monoisotopic (exact) mass is 328 g/mol. The molecule has 1 heterocycles. The second-order valence-corrected chi connectivity index (χ2v) is 7.02. The Morgan fingerprint density at radius 3 is 2.71 bits per heavy atom. The molecule has 0 amide bonds. The fourth-order valence-corrected chi connectivity index (χ4v) is 3.93. The summed E-state index contributed by atoms with van der Waals surface area (Å²) in [4.78, 5) is 2.59. The van der Waals surface area contributed by atoms with Crippen molar-refractivity contribution in [3.05, 3.63) is 33.8 Å². The zero-order chi connectivity index (χ0) is 15.4. The first-order valence-corrected chi connectivity index (χ1v) is 8.66. The van der Waals surface area contributed by atoms with Crippen LogP contribution >= 0.6 is 23.2 Å². The summed E-state index contributed by atoms with van der Waals surface area (Å²) >= 11 is 12.8. The van der Waals surface area contributed by atoms with Crippen molar-refractivity contribution in [1.82, 2.24) is 10.2 Å². The fraction of sp³-hybridized carbons (Fsp3) is 0.647. The summed E-state index contributed by atoms with van der Waals surface area (Å²) in [6.07, 6.45) is 3.77. The van der Waals surface area contributed by atoms with Gasteiger partial charge in [-0.1, -0.05) is 41.8 Å². The minimum absolute atomic E-state index is 0.339. The van der Waals surface area contributed by atoms with Crippen LogP contribution in [-0.2, 0) is 0 Å². The summed E-state index contributed by atoms with van der Waals surface area (Å²) in [5.74, 6) is 0.566. The number of nitrogens with one attached hydrogen (secondary N) is 1. The maximum absolute atomic E-state index is 6.54. The highest BCUT2D eigenvalue weighted by Gasteiger charge is 2.33. The Kier molecular flexibility index (Phi) is 6.36. The van der Waals surface area contributed by atoms with E-state index in [2.05, 4.69) is 30.1 Å². The van der Waals surface area contributed by atoms with Crippen LogP contribution < -0.4 is 5.32 Å². The van der Waals surface area contributed by atoms with Gasteiger partial charge in [-0.05, 0) is 64.4 Å². The highest BCUT2D eigenvalue weighted by atomic mass is 35.5. The van der Waals surface area contributed by atoms with Crippen LogP contribution in [0.1, 0.15) is 44.7 Å². The summed E-state index contributed by atoms with van der Waals surface area (Å²) in [6, 6.07) is 6.87. The standard InChI is InChI=1S/C17H26Cl2N2/c1-12(2)21-10-5-4-7-13(11-20-3)17(21)14-8-6-9-15(18)16(14)19/h6,8-9,12-13,17,20H,4-5,7,10-11H2,1-3H3. The third kappa shape index (κ3) is 3.92. The van der Waals surface area contributed by atoms with Gasteiger partial charge in [-0.2, -0.15) is 0 Å². The lowest BCUT2D eigenvalue weighted by Gasteiger charge is -2.38. The largest absolute Gasteiger partial charge is 0.319 e. The lowest BCUT2D eigenvalue weighted by molar-refractivity contribution is 0.119. The molecule has 1 aliphatic heterocycles. The predicted molar refractivity (Wildman–Crippen MR) is 92.3 cm³/mol. The van der Waals surface area contributed by atoms with E-state index < -0.39 is 0 Å². The van der Waals surface area contributed by atoms with Gasteiger partial charge in [0.25, 0.3) is 0 Å². The Morgan fingerprint density at radius 2 is 2.05 bits per heavy atom. The van der Waals surface area contributed by atoms with Crippen molar-refractivity contribution in [1.29, 1.82) is 0 Å². The molecule has 0 spiro atoms. The van der Waals surface area contributed by atoms with E-state index in [1.54, 1.807) is 0 Å². The minimum Gasteiger partial charge on any atom is -0.319 e. The Bertz CT molecular complexity index is 462. The number of hydrogen-bond acceptors (Lipinski definition) is 2. The van der Waals surface area contributed by atoms with E-state index >= 15 is 0 Å². The van der Waals surface area contributed by atoms with Crippen molar-refractivity contribution in [3.8, 4) is 0 Å². The van der Waals surface area contributed by atoms with Gasteiger partial charge in [-0.15, -0.1) is 0 Å². The first kappa shape index (κ1) is 17.1. The highest BCUT2D eigenvalue weighted by Crippen LogP contribution is 2.41. The van der Waals surface area contributed by atoms with Gasteiger partial charge in [0.1, 0.15) is 0 Å². The molecule has 0 aliphatic carbocycles. The van der Waals surface area contributed by atoms with Crippen molar-refractivity contribution in [2.24, 2.45) is 5.92 Å². The lowest BCUT2D eigenvalue weighted by atomic mass is 9.88. The van der Waals surface area contributed by atoms with Crippen molar-refractivity contribution in [2.75, 3.05) is 20.1 Å². The molecular formula is C17H26Cl2N2. The normalized spacial score (nSPS) is 24.3. The smallest absolute Gasteiger partial charge is 0.0640 e. The van der Waals surface area contributed by atoms with E-state index in [0.717, 1.165) is 18.1 Å². The Hall–Kier alpha value is -0.280. The van der Waals surface area contributed by atoms with Gasteiger partial charge in [0.2, 0.25) is 0 Å². The van der Waals surface area contributed by atoms with E-state index in [1.807, 2.05) is 19.2 Å². The maximum Gasteiger partial charge on any atom is 0.0640 e. The Morgan fingerprint density at radius 1 is 1.29 bits per heavy atom. The van der Waals surface area contributed by atoms with Gasteiger partial charge in [0.15, 0.2) is 0 Å². The zero-order valence-electron chi connectivity index (χ0n) is 13.2. The zero-order valence-corrected chi connectivity index (χ0v) is 14.7. The summed E-state index contributed by atoms with van der Waals surface area (Å²) in [5.41, 5.74) is 1.18. The maximum atomic E-state index is 6.54. The number of nitrogens with zero attached hydrogens (tertiary/aromatic N) is 1. The molecule has 21 heavy (non-hydrogen) atoms. The van der Waals surface area contributed by atoms with Crippen LogP contribution in [-0.4, -0.2) is 31.1 Å². The molecule has 118 valence electrons. The molecule has 1 N–H and O–H groups in total. The second kappa shape index (κ2) is 7.82. The van der Waals surface area contributed by atoms with Crippen molar-refractivity contribution >= 4 is 23.2 Å². The second-order valence-electron chi connectivity index (χ2n) is 6.23. The quantitative estimate of drug-likeness (QED) is 0.856. The van der Waals surface area contributed by atoms with Crippen LogP contribution in [0.3, 0.4) is 0 Å². The number of hydrogen-bond donors (Lipinski definition) is 1.